The van der Waals surface area contributed by atoms with Crippen LogP contribution in [0.25, 0.3) is 0 Å². The second-order valence-corrected chi connectivity index (χ2v) is 6.35. The topological polar surface area (TPSA) is 71.8 Å². The Hall–Kier alpha value is -1.02. The van der Waals surface area contributed by atoms with Crippen molar-refractivity contribution in [1.29, 1.82) is 0 Å². The summed E-state index contributed by atoms with van der Waals surface area (Å²) in [7, 11) is 0. The monoisotopic (exact) mass is 387 g/mol. The number of nitrogens with one attached hydrogen (secondary N) is 1. The molecule has 4 nitrogen and oxygen atoms in total. The van der Waals surface area contributed by atoms with Crippen molar-refractivity contribution in [2.24, 2.45) is 0 Å². The van der Waals surface area contributed by atoms with Crippen molar-refractivity contribution in [3.05, 3.63) is 43.9 Å². The van der Waals surface area contributed by atoms with Gasteiger partial charge < -0.3 is 10.7 Å². The molecule has 19 heavy (non-hydrogen) atoms. The lowest BCUT2D eigenvalue weighted by Crippen LogP contribution is -2.09. The van der Waals surface area contributed by atoms with Gasteiger partial charge in [0.2, 0.25) is 0 Å². The van der Waals surface area contributed by atoms with E-state index in [1.807, 2.05) is 18.2 Å². The van der Waals surface area contributed by atoms with E-state index in [0.29, 0.717) is 10.8 Å². The Morgan fingerprint density at radius 1 is 1.42 bits per heavy atom. The maximum absolute atomic E-state index is 11.6. The van der Waals surface area contributed by atoms with Gasteiger partial charge in [0.05, 0.1) is 0 Å². The smallest absolute Gasteiger partial charge is 0.251 e. The first-order valence-corrected chi connectivity index (χ1v) is 7.81. The molecule has 2 aromatic rings. The molecule has 0 aliphatic carbocycles. The minimum absolute atomic E-state index is 0.120. The van der Waals surface area contributed by atoms with Crippen molar-refractivity contribution in [2.75, 3.05) is 5.73 Å². The summed E-state index contributed by atoms with van der Waals surface area (Å²) in [5.41, 5.74) is 7.35. The number of aromatic nitrogens is 2. The lowest BCUT2D eigenvalue weighted by atomic mass is 10.2. The first kappa shape index (κ1) is 14.4. The number of anilines is 1. The van der Waals surface area contributed by atoms with Gasteiger partial charge in [-0.1, -0.05) is 13.3 Å². The molecule has 2 rings (SSSR count). The number of nitrogens with zero attached hydrogens (tertiary/aromatic N) is 1. The number of aryl methyl sites for hydroxylation is 1. The van der Waals surface area contributed by atoms with Gasteiger partial charge in [0.25, 0.3) is 5.56 Å². The van der Waals surface area contributed by atoms with Crippen LogP contribution in [0.15, 0.2) is 39.1 Å². The van der Waals surface area contributed by atoms with Gasteiger partial charge in [-0.2, -0.15) is 0 Å². The number of nitrogen functional groups attached to an aromatic ring is 1. The first-order valence-electron chi connectivity index (χ1n) is 5.91. The number of benzene rings is 1. The van der Waals surface area contributed by atoms with Gasteiger partial charge >= 0.3 is 0 Å². The highest BCUT2D eigenvalue weighted by Crippen LogP contribution is 2.30. The molecule has 0 amide bonds. The number of aromatic amines is 1. The minimum atomic E-state index is -0.120. The van der Waals surface area contributed by atoms with Crippen molar-refractivity contribution in [3.8, 4) is 0 Å². The van der Waals surface area contributed by atoms with Crippen LogP contribution in [-0.4, -0.2) is 9.97 Å². The molecule has 0 aliphatic heterocycles. The van der Waals surface area contributed by atoms with E-state index < -0.39 is 0 Å². The molecule has 0 fully saturated rings. The summed E-state index contributed by atoms with van der Waals surface area (Å²) in [6.07, 6.45) is 1.77. The van der Waals surface area contributed by atoms with Gasteiger partial charge in [0.1, 0.15) is 0 Å². The minimum Gasteiger partial charge on any atom is -0.398 e. The third-order valence-corrected chi connectivity index (χ3v) is 4.11. The van der Waals surface area contributed by atoms with Crippen LogP contribution in [0.1, 0.15) is 19.0 Å². The van der Waals surface area contributed by atoms with E-state index in [-0.39, 0.29) is 5.56 Å². The molecule has 6 heteroatoms. The SMILES string of the molecule is CCCc1cc(=O)[nH]c(Sc2ccc(I)cc2N)n1. The van der Waals surface area contributed by atoms with Crippen LogP contribution >= 0.6 is 34.4 Å². The van der Waals surface area contributed by atoms with Crippen molar-refractivity contribution in [1.82, 2.24) is 9.97 Å². The van der Waals surface area contributed by atoms with Gasteiger partial charge in [-0.15, -0.1) is 0 Å². The Bertz CT molecular complexity index is 642. The Morgan fingerprint density at radius 2 is 2.21 bits per heavy atom. The van der Waals surface area contributed by atoms with Crippen LogP contribution in [0.3, 0.4) is 0 Å². The highest BCUT2D eigenvalue weighted by Gasteiger charge is 2.06. The van der Waals surface area contributed by atoms with Gasteiger partial charge in [-0.25, -0.2) is 4.98 Å². The van der Waals surface area contributed by atoms with E-state index in [4.69, 9.17) is 5.73 Å². The fourth-order valence-corrected chi connectivity index (χ4v) is 2.98. The summed E-state index contributed by atoms with van der Waals surface area (Å²) in [5, 5.41) is 0.587. The van der Waals surface area contributed by atoms with Crippen molar-refractivity contribution < 1.29 is 0 Å². The molecule has 0 bridgehead atoms. The molecule has 1 aromatic heterocycles. The predicted molar refractivity (Wildman–Crippen MR) is 86.5 cm³/mol. The highest BCUT2D eigenvalue weighted by molar-refractivity contribution is 14.1. The number of H-pyrrole nitrogens is 1. The van der Waals surface area contributed by atoms with Crippen LogP contribution < -0.4 is 11.3 Å². The van der Waals surface area contributed by atoms with Gasteiger partial charge in [-0.05, 0) is 59.0 Å². The first-order chi connectivity index (χ1) is 9.08. The maximum atomic E-state index is 11.6. The Labute approximate surface area is 129 Å². The second-order valence-electron chi connectivity index (χ2n) is 4.08. The number of nitrogens with two attached hydrogens (primary N) is 1. The van der Waals surface area contributed by atoms with E-state index >= 15 is 0 Å². The largest absolute Gasteiger partial charge is 0.398 e. The summed E-state index contributed by atoms with van der Waals surface area (Å²) in [6, 6.07) is 7.36. The summed E-state index contributed by atoms with van der Waals surface area (Å²) in [6.45, 7) is 2.06. The normalized spacial score (nSPS) is 10.6. The third-order valence-electron chi connectivity index (χ3n) is 2.46. The Morgan fingerprint density at radius 3 is 2.89 bits per heavy atom. The van der Waals surface area contributed by atoms with Gasteiger partial charge in [0.15, 0.2) is 5.16 Å². The Kier molecular flexibility index (Phi) is 4.87. The molecule has 0 unspecified atom stereocenters. The average Bonchev–Trinajstić information content (AvgIpc) is 2.32. The highest BCUT2D eigenvalue weighted by atomic mass is 127. The molecule has 1 heterocycles. The van der Waals surface area contributed by atoms with E-state index in [9.17, 15) is 4.79 Å². The van der Waals surface area contributed by atoms with Crippen molar-refractivity contribution in [3.63, 3.8) is 0 Å². The van der Waals surface area contributed by atoms with Crippen LogP contribution in [0.2, 0.25) is 0 Å². The summed E-state index contributed by atoms with van der Waals surface area (Å²) in [5.74, 6) is 0. The Balaban J connectivity index is 2.30. The number of halogens is 1. The standard InChI is InChI=1S/C13H14IN3OS/c1-2-3-9-7-12(18)17-13(16-9)19-11-5-4-8(14)6-10(11)15/h4-7H,2-3,15H2,1H3,(H,16,17,18). The summed E-state index contributed by atoms with van der Waals surface area (Å²) in [4.78, 5) is 19.6. The van der Waals surface area contributed by atoms with Crippen LogP contribution in [0.5, 0.6) is 0 Å². The molecule has 3 N–H and O–H groups in total. The van der Waals surface area contributed by atoms with E-state index in [1.165, 1.54) is 11.8 Å². The van der Waals surface area contributed by atoms with Gasteiger partial charge in [-0.3, -0.25) is 4.79 Å². The summed E-state index contributed by atoms with van der Waals surface area (Å²) >= 11 is 3.59. The fraction of sp³-hybridized carbons (Fsp3) is 0.231. The predicted octanol–water partition coefficient (Wildman–Crippen LogP) is 3.06. The van der Waals surface area contributed by atoms with E-state index in [1.54, 1.807) is 6.07 Å². The van der Waals surface area contributed by atoms with Crippen LogP contribution in [-0.2, 0) is 6.42 Å². The number of hydrogen-bond donors (Lipinski definition) is 2. The molecular weight excluding hydrogens is 373 g/mol. The van der Waals surface area contributed by atoms with Crippen LogP contribution in [0.4, 0.5) is 5.69 Å². The molecule has 1 aromatic carbocycles. The molecule has 0 aliphatic rings. The maximum Gasteiger partial charge on any atom is 0.251 e. The zero-order valence-electron chi connectivity index (χ0n) is 10.4. The zero-order chi connectivity index (χ0) is 13.8. The lowest BCUT2D eigenvalue weighted by molar-refractivity contribution is 0.816. The fourth-order valence-electron chi connectivity index (χ4n) is 1.63. The average molecular weight is 387 g/mol. The molecule has 100 valence electrons. The van der Waals surface area contributed by atoms with Gasteiger partial charge in [0, 0.05) is 25.9 Å². The molecule has 0 atom stereocenters. The van der Waals surface area contributed by atoms with Crippen molar-refractivity contribution >= 4 is 40.0 Å². The van der Waals surface area contributed by atoms with E-state index in [0.717, 1.165) is 27.0 Å². The molecule has 0 saturated carbocycles. The lowest BCUT2D eigenvalue weighted by Gasteiger charge is -2.06. The summed E-state index contributed by atoms with van der Waals surface area (Å²) < 4.78 is 1.08. The third kappa shape index (κ3) is 3.97. The molecule has 0 spiro atoms. The zero-order valence-corrected chi connectivity index (χ0v) is 13.4. The number of rotatable bonds is 4. The number of hydrogen-bond acceptors (Lipinski definition) is 4. The van der Waals surface area contributed by atoms with Crippen molar-refractivity contribution in [2.45, 2.75) is 29.8 Å². The second kappa shape index (κ2) is 6.42. The molecular formula is C13H14IN3OS. The molecule has 0 saturated heterocycles. The van der Waals surface area contributed by atoms with E-state index in [2.05, 4.69) is 39.5 Å². The van der Waals surface area contributed by atoms with Crippen LogP contribution in [0, 0.1) is 3.57 Å². The molecule has 0 radical (unpaired) electrons. The quantitative estimate of drug-likeness (QED) is 0.481.